The van der Waals surface area contributed by atoms with E-state index < -0.39 is 24.5 Å². The quantitative estimate of drug-likeness (QED) is 0.496. The number of aliphatic hydroxyl groups excluding tert-OH is 3. The highest BCUT2D eigenvalue weighted by Gasteiger charge is 2.43. The number of aliphatic hydroxyl groups is 3. The number of nitrogens with zero attached hydrogens (tertiary/aromatic N) is 4. The summed E-state index contributed by atoms with van der Waals surface area (Å²) < 4.78 is 7.01. The van der Waals surface area contributed by atoms with E-state index in [2.05, 4.69) is 15.0 Å². The summed E-state index contributed by atoms with van der Waals surface area (Å²) in [5.41, 5.74) is 1.08. The molecular weight excluding hydrogens is 284 g/mol. The predicted molar refractivity (Wildman–Crippen MR) is 70.1 cm³/mol. The molecule has 3 rings (SSSR count). The molecule has 3 heterocycles. The number of rotatable bonds is 3. The van der Waals surface area contributed by atoms with Gasteiger partial charge in [-0.15, -0.1) is 0 Å². The first-order valence-corrected chi connectivity index (χ1v) is 7.24. The second kappa shape index (κ2) is 5.26. The average molecular weight is 298 g/mol. The summed E-state index contributed by atoms with van der Waals surface area (Å²) in [6.07, 6.45) is 0.956. The van der Waals surface area contributed by atoms with Crippen LogP contribution < -0.4 is 0 Å². The Morgan fingerprint density at radius 1 is 1.35 bits per heavy atom. The van der Waals surface area contributed by atoms with Gasteiger partial charge in [0, 0.05) is 0 Å². The zero-order valence-corrected chi connectivity index (χ0v) is 11.4. The summed E-state index contributed by atoms with van der Waals surface area (Å²) in [6.45, 7) is -0.369. The molecule has 0 bridgehead atoms. The summed E-state index contributed by atoms with van der Waals surface area (Å²) in [4.78, 5) is 12.6. The summed E-state index contributed by atoms with van der Waals surface area (Å²) in [5, 5.41) is 29.5. The Balaban J connectivity index is 2.02. The zero-order chi connectivity index (χ0) is 14.3. The predicted octanol–water partition coefficient (Wildman–Crippen LogP) is -0.840. The summed E-state index contributed by atoms with van der Waals surface area (Å²) in [5.74, 6) is 0. The number of hydrogen-bond acceptors (Lipinski definition) is 8. The zero-order valence-electron chi connectivity index (χ0n) is 10.6. The topological polar surface area (TPSA) is 114 Å². The van der Waals surface area contributed by atoms with Gasteiger partial charge in [-0.25, -0.2) is 15.0 Å². The van der Waals surface area contributed by atoms with Gasteiger partial charge in [0.15, 0.2) is 17.0 Å². The van der Waals surface area contributed by atoms with Crippen molar-refractivity contribution in [2.45, 2.75) is 29.7 Å². The molecule has 1 aliphatic rings. The first-order chi connectivity index (χ1) is 9.65. The summed E-state index contributed by atoms with van der Waals surface area (Å²) in [6, 6.07) is 0. The van der Waals surface area contributed by atoms with Gasteiger partial charge < -0.3 is 20.1 Å². The van der Waals surface area contributed by atoms with E-state index in [4.69, 9.17) is 9.84 Å². The van der Waals surface area contributed by atoms with Crippen LogP contribution in [0.5, 0.6) is 0 Å². The molecule has 1 fully saturated rings. The van der Waals surface area contributed by atoms with Crippen molar-refractivity contribution in [2.24, 2.45) is 0 Å². The van der Waals surface area contributed by atoms with Crippen molar-refractivity contribution in [1.82, 2.24) is 19.5 Å². The fourth-order valence-corrected chi connectivity index (χ4v) is 2.54. The first kappa shape index (κ1) is 13.7. The van der Waals surface area contributed by atoms with Crippen LogP contribution in [0.1, 0.15) is 6.23 Å². The lowest BCUT2D eigenvalue weighted by atomic mass is 10.1. The molecule has 0 aromatic carbocycles. The Bertz CT molecular complexity index is 621. The van der Waals surface area contributed by atoms with E-state index >= 15 is 0 Å². The van der Waals surface area contributed by atoms with E-state index in [9.17, 15) is 10.2 Å². The smallest absolute Gasteiger partial charge is 0.189 e. The van der Waals surface area contributed by atoms with E-state index in [1.54, 1.807) is 10.8 Å². The van der Waals surface area contributed by atoms with E-state index in [1.807, 2.05) is 6.26 Å². The maximum atomic E-state index is 10.0. The Labute approximate surface area is 118 Å². The van der Waals surface area contributed by atoms with Crippen molar-refractivity contribution < 1.29 is 20.1 Å². The maximum absolute atomic E-state index is 10.0. The minimum Gasteiger partial charge on any atom is -0.394 e. The minimum absolute atomic E-state index is 0.369. The van der Waals surface area contributed by atoms with Crippen LogP contribution in [0.4, 0.5) is 0 Å². The molecule has 0 amide bonds. The van der Waals surface area contributed by atoms with E-state index in [0.29, 0.717) is 16.3 Å². The third-order valence-electron chi connectivity index (χ3n) is 3.27. The lowest BCUT2D eigenvalue weighted by Crippen LogP contribution is -2.33. The minimum atomic E-state index is -1.16. The van der Waals surface area contributed by atoms with Gasteiger partial charge in [0.2, 0.25) is 0 Å². The van der Waals surface area contributed by atoms with Gasteiger partial charge in [0.25, 0.3) is 0 Å². The molecule has 0 radical (unpaired) electrons. The number of aromatic nitrogens is 4. The van der Waals surface area contributed by atoms with Gasteiger partial charge in [-0.1, -0.05) is 11.8 Å². The van der Waals surface area contributed by atoms with Crippen LogP contribution in [0.2, 0.25) is 0 Å². The molecule has 0 spiro atoms. The Morgan fingerprint density at radius 3 is 2.80 bits per heavy atom. The van der Waals surface area contributed by atoms with Crippen LogP contribution in [0.3, 0.4) is 0 Å². The average Bonchev–Trinajstić information content (AvgIpc) is 3.01. The lowest BCUT2D eigenvalue weighted by molar-refractivity contribution is -0.0511. The van der Waals surface area contributed by atoms with Gasteiger partial charge in [0.1, 0.15) is 23.8 Å². The second-order valence-electron chi connectivity index (χ2n) is 4.45. The van der Waals surface area contributed by atoms with Gasteiger partial charge in [0.05, 0.1) is 19.1 Å². The van der Waals surface area contributed by atoms with Gasteiger partial charge in [-0.2, -0.15) is 0 Å². The summed E-state index contributed by atoms with van der Waals surface area (Å²) in [7, 11) is 0. The van der Waals surface area contributed by atoms with Crippen LogP contribution in [0.15, 0.2) is 17.7 Å². The molecule has 0 saturated carbocycles. The first-order valence-electron chi connectivity index (χ1n) is 6.01. The number of thioether (sulfide) groups is 1. The maximum Gasteiger partial charge on any atom is 0.189 e. The highest BCUT2D eigenvalue weighted by Crippen LogP contribution is 2.31. The lowest BCUT2D eigenvalue weighted by Gasteiger charge is -2.16. The fourth-order valence-electron chi connectivity index (χ4n) is 2.21. The van der Waals surface area contributed by atoms with Gasteiger partial charge in [-0.3, -0.25) is 4.57 Å². The van der Waals surface area contributed by atoms with Crippen molar-refractivity contribution in [3.8, 4) is 0 Å². The molecule has 8 nitrogen and oxygen atoms in total. The molecule has 3 N–H and O–H groups in total. The van der Waals surface area contributed by atoms with Crippen LogP contribution in [-0.2, 0) is 4.74 Å². The molecule has 108 valence electrons. The van der Waals surface area contributed by atoms with Crippen LogP contribution in [0.25, 0.3) is 11.2 Å². The molecule has 1 aliphatic heterocycles. The molecule has 1 saturated heterocycles. The standard InChI is InChI=1S/C11H14N4O4S/c1-20-11-12-2-5-9(14-11)15(4-13-5)10-8(18)7(17)6(3-16)19-10/h2,4,6-8,10,16-18H,3H2,1H3/t6-,7+,8-,10-/m0/s1. The Morgan fingerprint density at radius 2 is 2.15 bits per heavy atom. The molecule has 0 unspecified atom stereocenters. The van der Waals surface area contributed by atoms with E-state index in [-0.39, 0.29) is 6.61 Å². The molecule has 2 aromatic heterocycles. The largest absolute Gasteiger partial charge is 0.394 e. The van der Waals surface area contributed by atoms with Crippen molar-refractivity contribution in [1.29, 1.82) is 0 Å². The molecule has 9 heteroatoms. The van der Waals surface area contributed by atoms with Crippen molar-refractivity contribution in [3.05, 3.63) is 12.5 Å². The number of hydrogen-bond donors (Lipinski definition) is 3. The van der Waals surface area contributed by atoms with Crippen LogP contribution >= 0.6 is 11.8 Å². The fraction of sp³-hybridized carbons (Fsp3) is 0.545. The van der Waals surface area contributed by atoms with Crippen molar-refractivity contribution in [3.63, 3.8) is 0 Å². The summed E-state index contributed by atoms with van der Waals surface area (Å²) >= 11 is 1.39. The van der Waals surface area contributed by atoms with E-state index in [1.165, 1.54) is 18.1 Å². The molecular formula is C11H14N4O4S. The Kier molecular flexibility index (Phi) is 3.61. The van der Waals surface area contributed by atoms with Crippen LogP contribution in [0, 0.1) is 0 Å². The normalized spacial score (nSPS) is 30.2. The van der Waals surface area contributed by atoms with Gasteiger partial charge in [-0.05, 0) is 6.26 Å². The Hall–Kier alpha value is -1.26. The molecule has 2 aromatic rings. The second-order valence-corrected chi connectivity index (χ2v) is 5.22. The van der Waals surface area contributed by atoms with Crippen LogP contribution in [-0.4, -0.2) is 66.0 Å². The number of imidazole rings is 1. The third-order valence-corrected chi connectivity index (χ3v) is 3.83. The third kappa shape index (κ3) is 2.07. The SMILES string of the molecule is CSc1ncc2ncn([C@H]3O[C@@H](CO)[C@@H](O)[C@@H]3O)c2n1. The van der Waals surface area contributed by atoms with Gasteiger partial charge >= 0.3 is 0 Å². The van der Waals surface area contributed by atoms with Crippen molar-refractivity contribution in [2.75, 3.05) is 12.9 Å². The molecule has 0 aliphatic carbocycles. The molecule has 4 atom stereocenters. The monoisotopic (exact) mass is 298 g/mol. The highest BCUT2D eigenvalue weighted by atomic mass is 32.2. The molecule has 20 heavy (non-hydrogen) atoms. The van der Waals surface area contributed by atoms with Crippen molar-refractivity contribution >= 4 is 22.9 Å². The number of ether oxygens (including phenoxy) is 1. The highest BCUT2D eigenvalue weighted by molar-refractivity contribution is 7.98. The number of fused-ring (bicyclic) bond motifs is 1. The van der Waals surface area contributed by atoms with E-state index in [0.717, 1.165) is 0 Å².